The van der Waals surface area contributed by atoms with Crippen molar-refractivity contribution in [1.82, 2.24) is 19.8 Å². The summed E-state index contributed by atoms with van der Waals surface area (Å²) in [7, 11) is -3.27. The maximum Gasteiger partial charge on any atom is 0.229 e. The Morgan fingerprint density at radius 3 is 2.86 bits per heavy atom. The number of likely N-dealkylation sites (tertiary alicyclic amines) is 1. The molecule has 8 nitrogen and oxygen atoms in total. The van der Waals surface area contributed by atoms with E-state index in [1.54, 1.807) is 4.90 Å². The number of sulfonamides is 1. The van der Waals surface area contributed by atoms with Crippen LogP contribution in [0.3, 0.4) is 0 Å². The molecule has 1 aliphatic heterocycles. The fourth-order valence-electron chi connectivity index (χ4n) is 2.70. The number of nitrogens with zero attached hydrogens (tertiary/aromatic N) is 3. The number of hydrogen-bond donors (Lipinski definition) is 1. The fourth-order valence-corrected chi connectivity index (χ4v) is 3.17. The molecule has 1 saturated carbocycles. The zero-order valence-corrected chi connectivity index (χ0v) is 13.3. The van der Waals surface area contributed by atoms with E-state index in [-0.39, 0.29) is 24.9 Å². The number of carbonyl (C=O) groups is 1. The maximum absolute atomic E-state index is 12.3. The minimum absolute atomic E-state index is 0.0866. The summed E-state index contributed by atoms with van der Waals surface area (Å²) in [5, 5.41) is 4.02. The van der Waals surface area contributed by atoms with Crippen LogP contribution in [0.1, 0.15) is 55.8 Å². The Balaban J connectivity index is 1.60. The first kappa shape index (κ1) is 15.4. The average Bonchev–Trinajstić information content (AvgIpc) is 3.00. The minimum atomic E-state index is -3.27. The molecule has 2 heterocycles. The fraction of sp³-hybridized carbons (Fsp3) is 0.769. The van der Waals surface area contributed by atoms with Gasteiger partial charge in [-0.3, -0.25) is 4.79 Å². The highest BCUT2D eigenvalue weighted by atomic mass is 32.2. The molecular formula is C13H20N4O4S. The lowest BCUT2D eigenvalue weighted by atomic mass is 10.2. The van der Waals surface area contributed by atoms with Crippen LogP contribution < -0.4 is 4.72 Å². The second-order valence-corrected chi connectivity index (χ2v) is 7.76. The summed E-state index contributed by atoms with van der Waals surface area (Å²) in [5.74, 6) is 1.55. The Labute approximate surface area is 129 Å². The summed E-state index contributed by atoms with van der Waals surface area (Å²) >= 11 is 0. The molecule has 0 radical (unpaired) electrons. The van der Waals surface area contributed by atoms with Gasteiger partial charge in [-0.1, -0.05) is 5.16 Å². The number of carbonyl (C=O) groups excluding carboxylic acids is 1. The molecule has 0 bridgehead atoms. The molecule has 0 spiro atoms. The van der Waals surface area contributed by atoms with Crippen LogP contribution in [0.5, 0.6) is 0 Å². The van der Waals surface area contributed by atoms with Crippen molar-refractivity contribution in [2.45, 2.75) is 44.1 Å². The third-order valence-corrected chi connectivity index (χ3v) is 4.69. The van der Waals surface area contributed by atoms with Crippen molar-refractivity contribution >= 4 is 15.9 Å². The van der Waals surface area contributed by atoms with E-state index in [1.807, 2.05) is 0 Å². The van der Waals surface area contributed by atoms with E-state index in [4.69, 9.17) is 4.52 Å². The van der Waals surface area contributed by atoms with Gasteiger partial charge in [-0.15, -0.1) is 0 Å². The molecule has 1 amide bonds. The average molecular weight is 328 g/mol. The van der Waals surface area contributed by atoms with E-state index < -0.39 is 10.0 Å². The normalized spacial score (nSPS) is 22.2. The van der Waals surface area contributed by atoms with Gasteiger partial charge in [-0.25, -0.2) is 13.1 Å². The molecule has 3 rings (SSSR count). The van der Waals surface area contributed by atoms with Gasteiger partial charge in [0.2, 0.25) is 21.8 Å². The van der Waals surface area contributed by atoms with E-state index in [0.29, 0.717) is 24.2 Å². The highest BCUT2D eigenvalue weighted by molar-refractivity contribution is 7.88. The van der Waals surface area contributed by atoms with Crippen molar-refractivity contribution in [2.75, 3.05) is 19.3 Å². The SMILES string of the molecule is CS(=O)(=O)NCCC(=O)N1CCC[C@H]1c1noc(C2CC2)n1. The second-order valence-electron chi connectivity index (χ2n) is 5.93. The standard InChI is InChI=1S/C13H20N4O4S/c1-22(19,20)14-7-6-11(18)17-8-2-3-10(17)12-15-13(21-16-12)9-4-5-9/h9-10,14H,2-8H2,1H3/t10-/m0/s1. The molecule has 1 aromatic rings. The molecular weight excluding hydrogens is 308 g/mol. The highest BCUT2D eigenvalue weighted by Gasteiger charge is 2.35. The summed E-state index contributed by atoms with van der Waals surface area (Å²) in [5.41, 5.74) is 0. The van der Waals surface area contributed by atoms with Crippen LogP contribution >= 0.6 is 0 Å². The first-order chi connectivity index (χ1) is 10.4. The van der Waals surface area contributed by atoms with Crippen LogP contribution in [-0.4, -0.2) is 48.7 Å². The molecule has 1 saturated heterocycles. The lowest BCUT2D eigenvalue weighted by Crippen LogP contribution is -2.34. The topological polar surface area (TPSA) is 105 Å². The summed E-state index contributed by atoms with van der Waals surface area (Å²) in [6.07, 6.45) is 5.10. The lowest BCUT2D eigenvalue weighted by Gasteiger charge is -2.22. The predicted octanol–water partition coefficient (Wildman–Crippen LogP) is 0.550. The summed E-state index contributed by atoms with van der Waals surface area (Å²) in [6, 6.07) is -0.151. The Morgan fingerprint density at radius 2 is 2.18 bits per heavy atom. The number of hydrogen-bond acceptors (Lipinski definition) is 6. The molecule has 1 aromatic heterocycles. The lowest BCUT2D eigenvalue weighted by molar-refractivity contribution is -0.132. The Hall–Kier alpha value is -1.48. The second kappa shape index (κ2) is 5.96. The van der Waals surface area contributed by atoms with E-state index in [1.165, 1.54) is 0 Å². The third-order valence-electron chi connectivity index (χ3n) is 3.96. The van der Waals surface area contributed by atoms with Crippen molar-refractivity contribution in [3.8, 4) is 0 Å². The number of rotatable bonds is 6. The van der Waals surface area contributed by atoms with Gasteiger partial charge in [0.05, 0.1) is 12.3 Å². The quantitative estimate of drug-likeness (QED) is 0.817. The molecule has 2 fully saturated rings. The Kier molecular flexibility index (Phi) is 4.18. The van der Waals surface area contributed by atoms with Crippen LogP contribution in [0.2, 0.25) is 0 Å². The van der Waals surface area contributed by atoms with E-state index >= 15 is 0 Å². The Bertz CT molecular complexity index is 653. The van der Waals surface area contributed by atoms with E-state index in [2.05, 4.69) is 14.9 Å². The first-order valence-corrected chi connectivity index (χ1v) is 9.41. The molecule has 22 heavy (non-hydrogen) atoms. The maximum atomic E-state index is 12.3. The van der Waals surface area contributed by atoms with Gasteiger partial charge in [-0.2, -0.15) is 4.98 Å². The van der Waals surface area contributed by atoms with Crippen LogP contribution in [0.15, 0.2) is 4.52 Å². The highest BCUT2D eigenvalue weighted by Crippen LogP contribution is 2.40. The van der Waals surface area contributed by atoms with Crippen molar-refractivity contribution < 1.29 is 17.7 Å². The summed E-state index contributed by atoms with van der Waals surface area (Å²) in [4.78, 5) is 18.4. The zero-order valence-electron chi connectivity index (χ0n) is 12.5. The third kappa shape index (κ3) is 3.64. The molecule has 0 unspecified atom stereocenters. The van der Waals surface area contributed by atoms with Crippen LogP contribution in [0, 0.1) is 0 Å². The monoisotopic (exact) mass is 328 g/mol. The number of aromatic nitrogens is 2. The molecule has 1 aliphatic carbocycles. The van der Waals surface area contributed by atoms with Gasteiger partial charge < -0.3 is 9.42 Å². The largest absolute Gasteiger partial charge is 0.339 e. The van der Waals surface area contributed by atoms with Gasteiger partial charge in [0.1, 0.15) is 0 Å². The zero-order chi connectivity index (χ0) is 15.7. The van der Waals surface area contributed by atoms with Crippen molar-refractivity contribution in [1.29, 1.82) is 0 Å². The molecule has 9 heteroatoms. The van der Waals surface area contributed by atoms with Crippen molar-refractivity contribution in [2.24, 2.45) is 0 Å². The van der Waals surface area contributed by atoms with Crippen LogP contribution in [0.4, 0.5) is 0 Å². The number of amides is 1. The molecule has 0 aromatic carbocycles. The smallest absolute Gasteiger partial charge is 0.229 e. The van der Waals surface area contributed by atoms with Gasteiger partial charge in [-0.05, 0) is 25.7 Å². The molecule has 2 aliphatic rings. The molecule has 1 N–H and O–H groups in total. The van der Waals surface area contributed by atoms with Crippen molar-refractivity contribution in [3.05, 3.63) is 11.7 Å². The summed E-state index contributed by atoms with van der Waals surface area (Å²) < 4.78 is 29.6. The van der Waals surface area contributed by atoms with Crippen LogP contribution in [0.25, 0.3) is 0 Å². The summed E-state index contributed by atoms with van der Waals surface area (Å²) in [6.45, 7) is 0.760. The minimum Gasteiger partial charge on any atom is -0.339 e. The van der Waals surface area contributed by atoms with Gasteiger partial charge >= 0.3 is 0 Å². The van der Waals surface area contributed by atoms with Gasteiger partial charge in [0.15, 0.2) is 5.82 Å². The molecule has 122 valence electrons. The van der Waals surface area contributed by atoms with Crippen molar-refractivity contribution in [3.63, 3.8) is 0 Å². The van der Waals surface area contributed by atoms with Gasteiger partial charge in [0, 0.05) is 25.4 Å². The van der Waals surface area contributed by atoms with E-state index in [0.717, 1.165) is 31.9 Å². The van der Waals surface area contributed by atoms with Crippen LogP contribution in [-0.2, 0) is 14.8 Å². The first-order valence-electron chi connectivity index (χ1n) is 7.51. The van der Waals surface area contributed by atoms with E-state index in [9.17, 15) is 13.2 Å². The number of nitrogens with one attached hydrogen (secondary N) is 1. The van der Waals surface area contributed by atoms with Gasteiger partial charge in [0.25, 0.3) is 0 Å². The predicted molar refractivity (Wildman–Crippen MR) is 77.4 cm³/mol. The Morgan fingerprint density at radius 1 is 1.41 bits per heavy atom. The molecule has 1 atom stereocenters.